The highest BCUT2D eigenvalue weighted by atomic mass is 35.5. The number of benzene rings is 3. The number of aromatic nitrogens is 2. The zero-order chi connectivity index (χ0) is 31.1. The van der Waals surface area contributed by atoms with E-state index in [1.807, 2.05) is 42.5 Å². The van der Waals surface area contributed by atoms with Crippen LogP contribution < -0.4 is 9.62 Å². The van der Waals surface area contributed by atoms with Gasteiger partial charge in [0.25, 0.3) is 0 Å². The molecule has 0 radical (unpaired) electrons. The average molecular weight is 654 g/mol. The highest BCUT2D eigenvalue weighted by Crippen LogP contribution is 2.38. The first-order valence-electron chi connectivity index (χ1n) is 14.6. The van der Waals surface area contributed by atoms with Gasteiger partial charge in [-0.2, -0.15) is 0 Å². The lowest BCUT2D eigenvalue weighted by Gasteiger charge is -2.33. The number of carbonyl (C=O) groups excluding carboxylic acids is 1. The fourth-order valence-corrected chi connectivity index (χ4v) is 6.65. The van der Waals surface area contributed by atoms with Gasteiger partial charge in [0.15, 0.2) is 5.82 Å². The molecule has 3 aromatic carbocycles. The van der Waals surface area contributed by atoms with Crippen molar-refractivity contribution in [1.82, 2.24) is 14.7 Å². The first-order valence-corrected chi connectivity index (χ1v) is 17.0. The molecular formula is C33H34Cl2N4O4S. The van der Waals surface area contributed by atoms with Crippen LogP contribution in [-0.4, -0.2) is 42.5 Å². The number of aliphatic hydroxyl groups is 1. The van der Waals surface area contributed by atoms with Crippen LogP contribution in [0.3, 0.4) is 0 Å². The van der Waals surface area contributed by atoms with Crippen LogP contribution >= 0.6 is 23.2 Å². The Morgan fingerprint density at radius 3 is 2.07 bits per heavy atom. The molecule has 0 saturated carbocycles. The number of halogens is 2. The molecule has 1 aliphatic rings. The summed E-state index contributed by atoms with van der Waals surface area (Å²) in [5.74, 6) is -0.0501. The van der Waals surface area contributed by atoms with Crippen molar-refractivity contribution in [3.05, 3.63) is 100 Å². The maximum absolute atomic E-state index is 12.3. The second-order valence-corrected chi connectivity index (χ2v) is 13.5. The van der Waals surface area contributed by atoms with Crippen LogP contribution in [0, 0.1) is 0 Å². The fraction of sp³-hybridized carbons (Fsp3) is 0.303. The van der Waals surface area contributed by atoms with Gasteiger partial charge in [-0.3, -0.25) is 9.52 Å². The predicted molar refractivity (Wildman–Crippen MR) is 175 cm³/mol. The summed E-state index contributed by atoms with van der Waals surface area (Å²) in [7, 11) is -3.73. The van der Waals surface area contributed by atoms with E-state index in [9.17, 15) is 18.3 Å². The molecule has 8 nitrogen and oxygen atoms in total. The van der Waals surface area contributed by atoms with Gasteiger partial charge in [-0.1, -0.05) is 90.6 Å². The van der Waals surface area contributed by atoms with Crippen molar-refractivity contribution < 1.29 is 18.3 Å². The van der Waals surface area contributed by atoms with Crippen LogP contribution in [0.4, 0.5) is 5.82 Å². The molecule has 2 heterocycles. The van der Waals surface area contributed by atoms with Crippen LogP contribution in [0.2, 0.25) is 10.0 Å². The molecule has 1 unspecified atom stereocenters. The summed E-state index contributed by atoms with van der Waals surface area (Å²) in [5.41, 5.74) is 4.23. The smallest absolute Gasteiger partial charge is 0.239 e. The molecule has 230 valence electrons. The topological polar surface area (TPSA) is 112 Å². The molecule has 0 aliphatic carbocycles. The zero-order valence-electron chi connectivity index (χ0n) is 24.1. The van der Waals surface area contributed by atoms with Crippen molar-refractivity contribution in [2.45, 2.75) is 50.4 Å². The van der Waals surface area contributed by atoms with Gasteiger partial charge in [0.1, 0.15) is 11.8 Å². The third-order valence-electron chi connectivity index (χ3n) is 7.48. The molecule has 11 heteroatoms. The molecule has 1 aliphatic heterocycles. The molecule has 2 N–H and O–H groups in total. The quantitative estimate of drug-likeness (QED) is 0.159. The fourth-order valence-electron chi connectivity index (χ4n) is 5.25. The van der Waals surface area contributed by atoms with E-state index < -0.39 is 22.0 Å². The van der Waals surface area contributed by atoms with E-state index in [2.05, 4.69) is 9.62 Å². The van der Waals surface area contributed by atoms with E-state index in [1.165, 1.54) is 0 Å². The van der Waals surface area contributed by atoms with Crippen molar-refractivity contribution in [2.75, 3.05) is 18.0 Å². The van der Waals surface area contributed by atoms with Crippen molar-refractivity contribution in [3.63, 3.8) is 0 Å². The first kappa shape index (κ1) is 31.9. The van der Waals surface area contributed by atoms with E-state index >= 15 is 0 Å². The standard InChI is InChI=1S/C33H34Cl2N4O4S/c34-26-15-11-24(12-16-26)30-31(25-13-17-27(35)18-14-25)37-33-32(36-30)28(40)19-21-39(33)20-7-2-1-6-10-29(41)38-44(42,43)22-23-8-4-3-5-9-23/h3-5,8-9,11-18,28,40H,1-2,6-7,10,19-22H2,(H,38,41). The zero-order valence-corrected chi connectivity index (χ0v) is 26.5. The second-order valence-electron chi connectivity index (χ2n) is 10.9. The second kappa shape index (κ2) is 14.5. The summed E-state index contributed by atoms with van der Waals surface area (Å²) < 4.78 is 26.8. The van der Waals surface area contributed by atoms with Crippen molar-refractivity contribution in [1.29, 1.82) is 0 Å². The lowest BCUT2D eigenvalue weighted by molar-refractivity contribution is -0.119. The number of anilines is 1. The Morgan fingerprint density at radius 2 is 1.43 bits per heavy atom. The minimum atomic E-state index is -3.73. The highest BCUT2D eigenvalue weighted by molar-refractivity contribution is 7.89. The molecular weight excluding hydrogens is 619 g/mol. The predicted octanol–water partition coefficient (Wildman–Crippen LogP) is 6.96. The highest BCUT2D eigenvalue weighted by Gasteiger charge is 2.29. The molecule has 1 amide bonds. The number of carbonyl (C=O) groups is 1. The third kappa shape index (κ3) is 8.35. The van der Waals surface area contributed by atoms with Crippen molar-refractivity contribution in [3.8, 4) is 22.5 Å². The Bertz CT molecular complexity index is 1690. The number of sulfonamides is 1. The Kier molecular flexibility index (Phi) is 10.5. The average Bonchev–Trinajstić information content (AvgIpc) is 3.00. The molecule has 0 fully saturated rings. The largest absolute Gasteiger partial charge is 0.387 e. The van der Waals surface area contributed by atoms with Gasteiger partial charge in [-0.05, 0) is 49.1 Å². The van der Waals surface area contributed by atoms with Crippen LogP contribution in [0.1, 0.15) is 55.9 Å². The van der Waals surface area contributed by atoms with Crippen molar-refractivity contribution >= 4 is 45.0 Å². The maximum Gasteiger partial charge on any atom is 0.239 e. The van der Waals surface area contributed by atoms with E-state index in [0.717, 1.165) is 30.4 Å². The number of unbranched alkanes of at least 4 members (excludes halogenated alkanes) is 3. The van der Waals surface area contributed by atoms with E-state index in [1.54, 1.807) is 36.4 Å². The molecule has 0 spiro atoms. The number of aliphatic hydroxyl groups excluding tert-OH is 1. The number of nitrogens with one attached hydrogen (secondary N) is 1. The number of rotatable bonds is 12. The summed E-state index contributed by atoms with van der Waals surface area (Å²) in [6, 6.07) is 23.6. The summed E-state index contributed by atoms with van der Waals surface area (Å²) in [6.45, 7) is 1.36. The van der Waals surface area contributed by atoms with Gasteiger partial charge in [0.2, 0.25) is 15.9 Å². The lowest BCUT2D eigenvalue weighted by Crippen LogP contribution is -2.34. The van der Waals surface area contributed by atoms with Gasteiger partial charge in [0.05, 0.1) is 17.1 Å². The Morgan fingerprint density at radius 1 is 0.841 bits per heavy atom. The van der Waals surface area contributed by atoms with Crippen LogP contribution in [0.15, 0.2) is 78.9 Å². The monoisotopic (exact) mass is 652 g/mol. The minimum Gasteiger partial charge on any atom is -0.387 e. The molecule has 5 rings (SSSR count). The molecule has 1 atom stereocenters. The van der Waals surface area contributed by atoms with E-state index in [-0.39, 0.29) is 12.2 Å². The number of fused-ring (bicyclic) bond motifs is 1. The number of nitrogens with zero attached hydrogens (tertiary/aromatic N) is 3. The summed E-state index contributed by atoms with van der Waals surface area (Å²) in [5, 5.41) is 12.1. The number of hydrogen-bond donors (Lipinski definition) is 2. The van der Waals surface area contributed by atoms with Crippen LogP contribution in [-0.2, 0) is 20.6 Å². The SMILES string of the molecule is O=C(CCCCCCN1CCC(O)c2nc(-c3ccc(Cl)cc3)c(-c3ccc(Cl)cc3)nc21)NS(=O)(=O)Cc1ccccc1. The van der Waals surface area contributed by atoms with Gasteiger partial charge in [0, 0.05) is 40.7 Å². The molecule has 0 bridgehead atoms. The maximum atomic E-state index is 12.3. The number of hydrogen-bond acceptors (Lipinski definition) is 7. The third-order valence-corrected chi connectivity index (χ3v) is 9.23. The van der Waals surface area contributed by atoms with E-state index in [4.69, 9.17) is 33.2 Å². The summed E-state index contributed by atoms with van der Waals surface area (Å²) in [6.07, 6.45) is 3.05. The van der Waals surface area contributed by atoms with E-state index in [0.29, 0.717) is 64.4 Å². The Labute approximate surface area is 268 Å². The van der Waals surface area contributed by atoms with Gasteiger partial charge in [-0.25, -0.2) is 18.4 Å². The minimum absolute atomic E-state index is 0.149. The summed E-state index contributed by atoms with van der Waals surface area (Å²) >= 11 is 12.3. The first-order chi connectivity index (χ1) is 21.2. The molecule has 4 aromatic rings. The lowest BCUT2D eigenvalue weighted by atomic mass is 10.0. The van der Waals surface area contributed by atoms with Crippen LogP contribution in [0.25, 0.3) is 22.5 Å². The van der Waals surface area contributed by atoms with Gasteiger partial charge < -0.3 is 10.0 Å². The molecule has 44 heavy (non-hydrogen) atoms. The van der Waals surface area contributed by atoms with Gasteiger partial charge in [-0.15, -0.1) is 0 Å². The molecule has 0 saturated heterocycles. The van der Waals surface area contributed by atoms with Crippen molar-refractivity contribution in [2.24, 2.45) is 0 Å². The van der Waals surface area contributed by atoms with Gasteiger partial charge >= 0.3 is 0 Å². The number of amides is 1. The normalized spacial score (nSPS) is 14.7. The summed E-state index contributed by atoms with van der Waals surface area (Å²) in [4.78, 5) is 24.4. The molecule has 1 aromatic heterocycles. The Balaban J connectivity index is 1.21. The Hall–Kier alpha value is -3.50. The van der Waals surface area contributed by atoms with Crippen LogP contribution in [0.5, 0.6) is 0 Å².